The van der Waals surface area contributed by atoms with Gasteiger partial charge in [-0.2, -0.15) is 0 Å². The normalized spacial score (nSPS) is 12.2. The lowest BCUT2D eigenvalue weighted by Crippen LogP contribution is -2.51. The van der Waals surface area contributed by atoms with Crippen LogP contribution in [0.3, 0.4) is 0 Å². The van der Waals surface area contributed by atoms with Crippen molar-refractivity contribution in [1.82, 2.24) is 10.2 Å². The molecule has 0 saturated carbocycles. The third-order valence-corrected chi connectivity index (χ3v) is 7.84. The van der Waals surface area contributed by atoms with Crippen LogP contribution in [0.2, 0.25) is 0 Å². The zero-order valence-electron chi connectivity index (χ0n) is 22.1. The molecule has 3 rings (SSSR count). The summed E-state index contributed by atoms with van der Waals surface area (Å²) in [5.74, 6) is -1.22. The predicted octanol–water partition coefficient (Wildman–Crippen LogP) is 4.52. The fourth-order valence-corrected chi connectivity index (χ4v) is 5.20. The van der Waals surface area contributed by atoms with Gasteiger partial charge in [0.1, 0.15) is 18.4 Å². The van der Waals surface area contributed by atoms with Crippen LogP contribution < -0.4 is 9.62 Å². The van der Waals surface area contributed by atoms with Gasteiger partial charge in [-0.15, -0.1) is 0 Å². The first kappa shape index (κ1) is 28.8. The van der Waals surface area contributed by atoms with Crippen LogP contribution in [0.5, 0.6) is 0 Å². The van der Waals surface area contributed by atoms with Crippen molar-refractivity contribution in [2.75, 3.05) is 17.4 Å². The molecule has 0 aliphatic carbocycles. The second-order valence-corrected chi connectivity index (χ2v) is 11.5. The molecule has 0 spiro atoms. The number of rotatable bonds is 11. The van der Waals surface area contributed by atoms with Crippen molar-refractivity contribution in [3.63, 3.8) is 0 Å². The Morgan fingerprint density at radius 3 is 2.08 bits per heavy atom. The van der Waals surface area contributed by atoms with Crippen LogP contribution in [0.25, 0.3) is 0 Å². The predicted molar refractivity (Wildman–Crippen MR) is 146 cm³/mol. The van der Waals surface area contributed by atoms with E-state index in [0.29, 0.717) is 6.54 Å². The summed E-state index contributed by atoms with van der Waals surface area (Å²) in [5.41, 5.74) is 1.81. The van der Waals surface area contributed by atoms with E-state index in [4.69, 9.17) is 0 Å². The maximum Gasteiger partial charge on any atom is 0.264 e. The number of nitrogens with zero attached hydrogens (tertiary/aromatic N) is 2. The van der Waals surface area contributed by atoms with E-state index in [2.05, 4.69) is 5.32 Å². The molecule has 1 N–H and O–H groups in total. The van der Waals surface area contributed by atoms with Gasteiger partial charge >= 0.3 is 0 Å². The van der Waals surface area contributed by atoms with Crippen LogP contribution in [-0.2, 0) is 26.2 Å². The maximum atomic E-state index is 13.8. The van der Waals surface area contributed by atoms with Gasteiger partial charge < -0.3 is 10.2 Å². The fourth-order valence-electron chi connectivity index (χ4n) is 3.79. The molecule has 7 nitrogen and oxygen atoms in total. The van der Waals surface area contributed by atoms with Gasteiger partial charge in [0.05, 0.1) is 10.6 Å². The molecule has 9 heteroatoms. The van der Waals surface area contributed by atoms with Crippen LogP contribution in [0.4, 0.5) is 10.1 Å². The Hall–Kier alpha value is -3.72. The molecule has 0 radical (unpaired) electrons. The molecule has 0 heterocycles. The number of carbonyl (C=O) groups excluding carboxylic acids is 2. The highest BCUT2D eigenvalue weighted by atomic mass is 32.2. The lowest BCUT2D eigenvalue weighted by atomic mass is 10.1. The molecule has 0 aromatic heterocycles. The van der Waals surface area contributed by atoms with Crippen LogP contribution >= 0.6 is 0 Å². The van der Waals surface area contributed by atoms with Gasteiger partial charge in [-0.25, -0.2) is 12.8 Å². The Kier molecular flexibility index (Phi) is 9.63. The largest absolute Gasteiger partial charge is 0.354 e. The van der Waals surface area contributed by atoms with Gasteiger partial charge in [-0.1, -0.05) is 61.9 Å². The summed E-state index contributed by atoms with van der Waals surface area (Å²) in [6, 6.07) is 19.5. The highest BCUT2D eigenvalue weighted by Gasteiger charge is 2.32. The summed E-state index contributed by atoms with van der Waals surface area (Å²) < 4.78 is 42.1. The average molecular weight is 540 g/mol. The average Bonchev–Trinajstić information content (AvgIpc) is 2.89. The SMILES string of the molecule is Cc1ccc(S(=O)(=O)N(CC(=O)N(Cc2ccccc2)[C@@H](C)C(=O)NCC(C)C)c2ccc(F)cc2)cc1. The van der Waals surface area contributed by atoms with Crippen LogP contribution in [-0.4, -0.2) is 44.3 Å². The number of aryl methyl sites for hydroxylation is 1. The third-order valence-electron chi connectivity index (χ3n) is 6.05. The van der Waals surface area contributed by atoms with Crippen molar-refractivity contribution >= 4 is 27.5 Å². The standard InChI is InChI=1S/C29H34FN3O4S/c1-21(2)18-31-29(35)23(4)32(19-24-8-6-5-7-9-24)28(34)20-33(26-14-12-25(30)13-15-26)38(36,37)27-16-10-22(3)11-17-27/h5-17,21,23H,18-20H2,1-4H3,(H,31,35)/t23-/m0/s1. The molecule has 0 bridgehead atoms. The smallest absolute Gasteiger partial charge is 0.264 e. The molecule has 1 atom stereocenters. The molecule has 3 aromatic rings. The van der Waals surface area contributed by atoms with Crippen molar-refractivity contribution in [1.29, 1.82) is 0 Å². The van der Waals surface area contributed by atoms with Gasteiger partial charge in [0, 0.05) is 13.1 Å². The van der Waals surface area contributed by atoms with E-state index in [1.807, 2.05) is 51.1 Å². The first-order valence-electron chi connectivity index (χ1n) is 12.4. The Morgan fingerprint density at radius 2 is 1.50 bits per heavy atom. The summed E-state index contributed by atoms with van der Waals surface area (Å²) in [7, 11) is -4.19. The Balaban J connectivity index is 1.99. The lowest BCUT2D eigenvalue weighted by molar-refractivity contribution is -0.139. The maximum absolute atomic E-state index is 13.8. The number of amides is 2. The number of anilines is 1. The number of benzene rings is 3. The van der Waals surface area contributed by atoms with Crippen molar-refractivity contribution in [2.45, 2.75) is 45.2 Å². The van der Waals surface area contributed by atoms with Crippen molar-refractivity contribution in [3.05, 3.63) is 95.8 Å². The van der Waals surface area contributed by atoms with Crippen molar-refractivity contribution in [2.24, 2.45) is 5.92 Å². The van der Waals surface area contributed by atoms with Gasteiger partial charge in [0.25, 0.3) is 10.0 Å². The van der Waals surface area contributed by atoms with Gasteiger partial charge in [0.15, 0.2) is 0 Å². The van der Waals surface area contributed by atoms with E-state index in [0.717, 1.165) is 27.6 Å². The minimum absolute atomic E-state index is 0.00226. The van der Waals surface area contributed by atoms with Crippen LogP contribution in [0, 0.1) is 18.7 Å². The Morgan fingerprint density at radius 1 is 0.895 bits per heavy atom. The quantitative estimate of drug-likeness (QED) is 0.388. The minimum Gasteiger partial charge on any atom is -0.354 e. The summed E-state index contributed by atoms with van der Waals surface area (Å²) in [5, 5.41) is 2.85. The number of hydrogen-bond donors (Lipinski definition) is 1. The number of halogens is 1. The Bertz CT molecular complexity index is 1330. The highest BCUT2D eigenvalue weighted by molar-refractivity contribution is 7.92. The summed E-state index contributed by atoms with van der Waals surface area (Å²) >= 11 is 0. The third kappa shape index (κ3) is 7.41. The minimum atomic E-state index is -4.19. The van der Waals surface area contributed by atoms with Crippen molar-refractivity contribution in [3.8, 4) is 0 Å². The molecular formula is C29H34FN3O4S. The molecule has 0 fully saturated rings. The van der Waals surface area contributed by atoms with Crippen LogP contribution in [0.15, 0.2) is 83.8 Å². The van der Waals surface area contributed by atoms with E-state index < -0.39 is 34.3 Å². The lowest BCUT2D eigenvalue weighted by Gasteiger charge is -2.32. The van der Waals surface area contributed by atoms with Crippen molar-refractivity contribution < 1.29 is 22.4 Å². The zero-order chi connectivity index (χ0) is 27.9. The molecule has 2 amide bonds. The first-order chi connectivity index (χ1) is 18.0. The molecule has 202 valence electrons. The number of nitrogens with one attached hydrogen (secondary N) is 1. The van der Waals surface area contributed by atoms with Gasteiger partial charge in [-0.05, 0) is 61.7 Å². The monoisotopic (exact) mass is 539 g/mol. The second-order valence-electron chi connectivity index (χ2n) is 9.62. The van der Waals surface area contributed by atoms with E-state index >= 15 is 0 Å². The van der Waals surface area contributed by atoms with Crippen LogP contribution in [0.1, 0.15) is 31.9 Å². The molecule has 0 saturated heterocycles. The number of sulfonamides is 1. The summed E-state index contributed by atoms with van der Waals surface area (Å²) in [6.07, 6.45) is 0. The fraction of sp³-hybridized carbons (Fsp3) is 0.310. The Labute approximate surface area is 224 Å². The molecule has 0 unspecified atom stereocenters. The summed E-state index contributed by atoms with van der Waals surface area (Å²) in [6.45, 7) is 7.37. The second kappa shape index (κ2) is 12.7. The topological polar surface area (TPSA) is 86.8 Å². The van der Waals surface area contributed by atoms with Gasteiger partial charge in [0.2, 0.25) is 11.8 Å². The number of carbonyl (C=O) groups is 2. The van der Waals surface area contributed by atoms with Gasteiger partial charge in [-0.3, -0.25) is 13.9 Å². The number of hydrogen-bond acceptors (Lipinski definition) is 4. The molecule has 3 aromatic carbocycles. The molecule has 38 heavy (non-hydrogen) atoms. The molecule has 0 aliphatic rings. The molecular weight excluding hydrogens is 505 g/mol. The van der Waals surface area contributed by atoms with E-state index in [9.17, 15) is 22.4 Å². The highest BCUT2D eigenvalue weighted by Crippen LogP contribution is 2.25. The zero-order valence-corrected chi connectivity index (χ0v) is 22.9. The van der Waals surface area contributed by atoms with E-state index in [1.54, 1.807) is 19.1 Å². The molecule has 0 aliphatic heterocycles. The van der Waals surface area contributed by atoms with E-state index in [1.165, 1.54) is 29.2 Å². The van der Waals surface area contributed by atoms with E-state index in [-0.39, 0.29) is 29.0 Å². The summed E-state index contributed by atoms with van der Waals surface area (Å²) in [4.78, 5) is 28.1. The first-order valence-corrected chi connectivity index (χ1v) is 13.9.